The first-order chi connectivity index (χ1) is 12.7. The van der Waals surface area contributed by atoms with E-state index in [4.69, 9.17) is 18.9 Å². The number of rotatable bonds is 7. The summed E-state index contributed by atoms with van der Waals surface area (Å²) in [6.07, 6.45) is -4.51. The van der Waals surface area contributed by atoms with E-state index < -0.39 is 30.6 Å². The first-order valence-electron chi connectivity index (χ1n) is 8.39. The molecule has 5 nitrogen and oxygen atoms in total. The Bertz CT molecular complexity index is 694. The lowest BCUT2D eigenvalue weighted by Gasteiger charge is -2.18. The fraction of sp³-hybridized carbons (Fsp3) is 0.350. The van der Waals surface area contributed by atoms with Gasteiger partial charge in [0, 0.05) is 7.11 Å². The molecule has 1 saturated heterocycles. The Kier molecular flexibility index (Phi) is 6.33. The Labute approximate surface area is 151 Å². The van der Waals surface area contributed by atoms with Crippen molar-refractivity contribution >= 4 is 5.97 Å². The smallest absolute Gasteiger partial charge is 0.338 e. The molecule has 0 amide bonds. The zero-order valence-corrected chi connectivity index (χ0v) is 14.4. The second-order valence-electron chi connectivity index (χ2n) is 5.96. The molecule has 0 saturated carbocycles. The van der Waals surface area contributed by atoms with Crippen molar-refractivity contribution in [2.75, 3.05) is 13.7 Å². The van der Waals surface area contributed by atoms with Crippen molar-refractivity contribution in [2.24, 2.45) is 0 Å². The summed E-state index contributed by atoms with van der Waals surface area (Å²) in [6.45, 7) is 0.384. The molecule has 0 N–H and O–H groups in total. The van der Waals surface area contributed by atoms with Crippen LogP contribution in [0.1, 0.15) is 15.9 Å². The maximum atomic E-state index is 14.7. The quantitative estimate of drug-likeness (QED) is 0.710. The van der Waals surface area contributed by atoms with E-state index in [-0.39, 0.29) is 6.61 Å². The van der Waals surface area contributed by atoms with Crippen molar-refractivity contribution < 1.29 is 28.1 Å². The van der Waals surface area contributed by atoms with Crippen molar-refractivity contribution in [3.63, 3.8) is 0 Å². The van der Waals surface area contributed by atoms with Crippen LogP contribution < -0.4 is 0 Å². The Balaban J connectivity index is 1.56. The number of hydrogen-bond acceptors (Lipinski definition) is 5. The molecule has 1 heterocycles. The van der Waals surface area contributed by atoms with Crippen LogP contribution in [0.4, 0.5) is 4.39 Å². The lowest BCUT2D eigenvalue weighted by atomic mass is 10.1. The van der Waals surface area contributed by atoms with Gasteiger partial charge in [0.05, 0.1) is 18.8 Å². The number of benzene rings is 2. The molecule has 6 heteroatoms. The normalized spacial score (nSPS) is 25.2. The lowest BCUT2D eigenvalue weighted by Crippen LogP contribution is -2.36. The van der Waals surface area contributed by atoms with Gasteiger partial charge >= 0.3 is 5.97 Å². The van der Waals surface area contributed by atoms with E-state index in [0.717, 1.165) is 5.56 Å². The summed E-state index contributed by atoms with van der Waals surface area (Å²) >= 11 is 0. The summed E-state index contributed by atoms with van der Waals surface area (Å²) in [6, 6.07) is 18.0. The number of ether oxygens (including phenoxy) is 4. The number of methoxy groups -OCH3 is 1. The first-order valence-corrected chi connectivity index (χ1v) is 8.39. The molecule has 3 rings (SSSR count). The van der Waals surface area contributed by atoms with Crippen LogP contribution in [0.3, 0.4) is 0 Å². The van der Waals surface area contributed by atoms with E-state index in [9.17, 15) is 9.18 Å². The molecule has 2 aromatic rings. The second-order valence-corrected chi connectivity index (χ2v) is 5.96. The number of esters is 1. The van der Waals surface area contributed by atoms with Gasteiger partial charge in [-0.25, -0.2) is 9.18 Å². The molecule has 1 aliphatic rings. The van der Waals surface area contributed by atoms with Gasteiger partial charge in [0.15, 0.2) is 18.6 Å². The van der Waals surface area contributed by atoms with Crippen LogP contribution in [0, 0.1) is 0 Å². The van der Waals surface area contributed by atoms with E-state index in [1.165, 1.54) is 7.11 Å². The van der Waals surface area contributed by atoms with Crippen molar-refractivity contribution in [1.29, 1.82) is 0 Å². The number of alkyl halides is 1. The largest absolute Gasteiger partial charge is 0.450 e. The van der Waals surface area contributed by atoms with E-state index in [1.807, 2.05) is 30.3 Å². The minimum atomic E-state index is -1.54. The summed E-state index contributed by atoms with van der Waals surface area (Å²) in [4.78, 5) is 12.2. The van der Waals surface area contributed by atoms with Gasteiger partial charge in [-0.05, 0) is 17.7 Å². The second kappa shape index (κ2) is 8.89. The van der Waals surface area contributed by atoms with Crippen LogP contribution in [0.2, 0.25) is 0 Å². The van der Waals surface area contributed by atoms with Gasteiger partial charge in [0.1, 0.15) is 6.10 Å². The van der Waals surface area contributed by atoms with Gasteiger partial charge in [-0.1, -0.05) is 48.5 Å². The van der Waals surface area contributed by atoms with Crippen molar-refractivity contribution in [3.8, 4) is 0 Å². The third kappa shape index (κ3) is 4.46. The predicted octanol–water partition coefficient (Wildman–Crippen LogP) is 3.14. The van der Waals surface area contributed by atoms with Crippen LogP contribution in [0.5, 0.6) is 0 Å². The standard InChI is InChI=1S/C20H21FO5/c1-23-20-18(26-19(22)15-10-6-3-7-11-15)17(21)16(25-20)13-24-12-14-8-4-2-5-9-14/h2-11,16-18,20H,12-13H2,1H3. The molecule has 1 fully saturated rings. The number of carbonyl (C=O) groups is 1. The van der Waals surface area contributed by atoms with Gasteiger partial charge < -0.3 is 18.9 Å². The van der Waals surface area contributed by atoms with Crippen LogP contribution >= 0.6 is 0 Å². The number of hydrogen-bond donors (Lipinski definition) is 0. The third-order valence-electron chi connectivity index (χ3n) is 4.12. The average Bonchev–Trinajstić information content (AvgIpc) is 2.98. The molecule has 138 valence electrons. The summed E-state index contributed by atoms with van der Waals surface area (Å²) in [5.41, 5.74) is 1.33. The highest BCUT2D eigenvalue weighted by Gasteiger charge is 2.48. The van der Waals surface area contributed by atoms with Crippen LogP contribution in [-0.4, -0.2) is 44.4 Å². The van der Waals surface area contributed by atoms with E-state index >= 15 is 0 Å². The molecular weight excluding hydrogens is 339 g/mol. The van der Waals surface area contributed by atoms with Gasteiger partial charge in [-0.15, -0.1) is 0 Å². The summed E-state index contributed by atoms with van der Waals surface area (Å²) in [5, 5.41) is 0. The maximum absolute atomic E-state index is 14.7. The molecule has 0 spiro atoms. The van der Waals surface area contributed by atoms with Crippen molar-refractivity contribution in [1.82, 2.24) is 0 Å². The molecule has 0 aromatic heterocycles. The predicted molar refractivity (Wildman–Crippen MR) is 92.3 cm³/mol. The van der Waals surface area contributed by atoms with Crippen LogP contribution in [0.25, 0.3) is 0 Å². The van der Waals surface area contributed by atoms with Gasteiger partial charge in [0.25, 0.3) is 0 Å². The topological polar surface area (TPSA) is 54.0 Å². The fourth-order valence-electron chi connectivity index (χ4n) is 2.76. The molecule has 0 radical (unpaired) electrons. The minimum Gasteiger partial charge on any atom is -0.450 e. The molecule has 2 aromatic carbocycles. The van der Waals surface area contributed by atoms with E-state index in [2.05, 4.69) is 0 Å². The minimum absolute atomic E-state index is 0.0370. The van der Waals surface area contributed by atoms with Crippen molar-refractivity contribution in [3.05, 3.63) is 71.8 Å². The Morgan fingerprint density at radius 1 is 1.08 bits per heavy atom. The van der Waals surface area contributed by atoms with E-state index in [0.29, 0.717) is 12.2 Å². The summed E-state index contributed by atoms with van der Waals surface area (Å²) in [5.74, 6) is -0.616. The van der Waals surface area contributed by atoms with Gasteiger partial charge in [0.2, 0.25) is 0 Å². The summed E-state index contributed by atoms with van der Waals surface area (Å²) < 4.78 is 36.2. The van der Waals surface area contributed by atoms with Gasteiger partial charge in [-0.3, -0.25) is 0 Å². The molecule has 1 aliphatic heterocycles. The average molecular weight is 360 g/mol. The molecule has 4 unspecified atom stereocenters. The highest BCUT2D eigenvalue weighted by Crippen LogP contribution is 2.28. The van der Waals surface area contributed by atoms with Crippen LogP contribution in [0.15, 0.2) is 60.7 Å². The maximum Gasteiger partial charge on any atom is 0.338 e. The molecule has 4 atom stereocenters. The molecule has 0 aliphatic carbocycles. The van der Waals surface area contributed by atoms with Crippen molar-refractivity contribution in [2.45, 2.75) is 31.3 Å². The van der Waals surface area contributed by atoms with Crippen LogP contribution in [-0.2, 0) is 25.6 Å². The van der Waals surface area contributed by atoms with E-state index in [1.54, 1.807) is 30.3 Å². The molecule has 0 bridgehead atoms. The molecule has 26 heavy (non-hydrogen) atoms. The summed E-state index contributed by atoms with van der Waals surface area (Å²) in [7, 11) is 1.38. The fourth-order valence-corrected chi connectivity index (χ4v) is 2.76. The monoisotopic (exact) mass is 360 g/mol. The SMILES string of the molecule is COC1OC(COCc2ccccc2)C(F)C1OC(=O)c1ccccc1. The number of halogens is 1. The Morgan fingerprint density at radius 2 is 1.73 bits per heavy atom. The van der Waals surface area contributed by atoms with Gasteiger partial charge in [-0.2, -0.15) is 0 Å². The highest BCUT2D eigenvalue weighted by atomic mass is 19.1. The zero-order chi connectivity index (χ0) is 18.4. The highest BCUT2D eigenvalue weighted by molar-refractivity contribution is 5.89. The third-order valence-corrected chi connectivity index (χ3v) is 4.12. The molecular formula is C20H21FO5. The first kappa shape index (κ1) is 18.5. The lowest BCUT2D eigenvalue weighted by molar-refractivity contribution is -0.158. The number of carbonyl (C=O) groups excluding carboxylic acids is 1. The Morgan fingerprint density at radius 3 is 2.38 bits per heavy atom. The Hall–Kier alpha value is -2.28. The zero-order valence-electron chi connectivity index (χ0n) is 14.4.